The van der Waals surface area contributed by atoms with Gasteiger partial charge in [-0.15, -0.1) is 0 Å². The zero-order valence-corrected chi connectivity index (χ0v) is 12.7. The molecular formula is C17H16O6. The average Bonchev–Trinajstić information content (AvgIpc) is 2.58. The molecule has 0 radical (unpaired) electrons. The molecule has 0 aliphatic rings. The number of rotatable bonds is 5. The van der Waals surface area contributed by atoms with Gasteiger partial charge in [-0.2, -0.15) is 0 Å². The second kappa shape index (κ2) is 7.31. The van der Waals surface area contributed by atoms with E-state index in [1.54, 1.807) is 0 Å². The van der Waals surface area contributed by atoms with Crippen LogP contribution < -0.4 is 4.74 Å². The van der Waals surface area contributed by atoms with E-state index in [-0.39, 0.29) is 29.2 Å². The fourth-order valence-electron chi connectivity index (χ4n) is 2.03. The van der Waals surface area contributed by atoms with Gasteiger partial charge in [0.25, 0.3) is 0 Å². The zero-order chi connectivity index (χ0) is 16.8. The van der Waals surface area contributed by atoms with E-state index in [4.69, 9.17) is 9.47 Å². The highest BCUT2D eigenvalue weighted by Gasteiger charge is 2.25. The van der Waals surface area contributed by atoms with Crippen LogP contribution in [0.25, 0.3) is 0 Å². The standard InChI is InChI=1S/C17H16O6/c1-21-16(19)13-8-12(18)9-14(15(13)17(20)22-2)23-10-11-6-4-3-5-7-11/h3-9,18H,10H2,1-2H3. The highest BCUT2D eigenvalue weighted by Crippen LogP contribution is 2.30. The third-order valence-electron chi connectivity index (χ3n) is 3.12. The quantitative estimate of drug-likeness (QED) is 0.854. The molecule has 0 unspecified atom stereocenters. The van der Waals surface area contributed by atoms with Crippen LogP contribution in [0, 0.1) is 0 Å². The minimum atomic E-state index is -0.772. The van der Waals surface area contributed by atoms with Crippen LogP contribution in [0.5, 0.6) is 11.5 Å². The topological polar surface area (TPSA) is 82.1 Å². The molecule has 0 amide bonds. The van der Waals surface area contributed by atoms with Crippen molar-refractivity contribution in [3.05, 3.63) is 59.2 Å². The summed E-state index contributed by atoms with van der Waals surface area (Å²) in [6.07, 6.45) is 0. The Morgan fingerprint density at radius 3 is 2.26 bits per heavy atom. The molecular weight excluding hydrogens is 300 g/mol. The Hall–Kier alpha value is -3.02. The molecule has 0 aliphatic heterocycles. The monoisotopic (exact) mass is 316 g/mol. The van der Waals surface area contributed by atoms with Crippen LogP contribution in [-0.2, 0) is 16.1 Å². The Bertz CT molecular complexity index is 709. The molecule has 0 spiro atoms. The van der Waals surface area contributed by atoms with Gasteiger partial charge in [0.15, 0.2) is 0 Å². The van der Waals surface area contributed by atoms with Crippen LogP contribution in [-0.4, -0.2) is 31.3 Å². The fraction of sp³-hybridized carbons (Fsp3) is 0.176. The molecule has 0 atom stereocenters. The first-order valence-corrected chi connectivity index (χ1v) is 6.77. The third-order valence-corrected chi connectivity index (χ3v) is 3.12. The van der Waals surface area contributed by atoms with Crippen LogP contribution in [0.2, 0.25) is 0 Å². The number of esters is 2. The van der Waals surface area contributed by atoms with Crippen molar-refractivity contribution in [3.8, 4) is 11.5 Å². The second-order valence-corrected chi connectivity index (χ2v) is 4.62. The van der Waals surface area contributed by atoms with Crippen molar-refractivity contribution in [1.82, 2.24) is 0 Å². The van der Waals surface area contributed by atoms with Gasteiger partial charge in [0.05, 0.1) is 19.8 Å². The second-order valence-electron chi connectivity index (χ2n) is 4.62. The van der Waals surface area contributed by atoms with E-state index in [0.717, 1.165) is 11.6 Å². The summed E-state index contributed by atoms with van der Waals surface area (Å²) in [7, 11) is 2.37. The Labute approximate surface area is 133 Å². The van der Waals surface area contributed by atoms with Crippen LogP contribution >= 0.6 is 0 Å². The van der Waals surface area contributed by atoms with Gasteiger partial charge in [-0.25, -0.2) is 9.59 Å². The first-order chi connectivity index (χ1) is 11.1. The van der Waals surface area contributed by atoms with Crippen molar-refractivity contribution in [2.75, 3.05) is 14.2 Å². The summed E-state index contributed by atoms with van der Waals surface area (Å²) >= 11 is 0. The molecule has 0 aliphatic carbocycles. The molecule has 2 aromatic rings. The molecule has 1 N–H and O–H groups in total. The molecule has 6 heteroatoms. The van der Waals surface area contributed by atoms with Gasteiger partial charge in [0, 0.05) is 6.07 Å². The Balaban J connectivity index is 2.42. The van der Waals surface area contributed by atoms with E-state index in [1.807, 2.05) is 30.3 Å². The summed E-state index contributed by atoms with van der Waals surface area (Å²) in [4.78, 5) is 23.8. The normalized spacial score (nSPS) is 10.0. The molecule has 2 aromatic carbocycles. The molecule has 0 heterocycles. The van der Waals surface area contributed by atoms with Gasteiger partial charge in [0.1, 0.15) is 23.7 Å². The number of phenolic OH excluding ortho intramolecular Hbond substituents is 1. The van der Waals surface area contributed by atoms with Crippen molar-refractivity contribution >= 4 is 11.9 Å². The van der Waals surface area contributed by atoms with Gasteiger partial charge in [0.2, 0.25) is 0 Å². The average molecular weight is 316 g/mol. The lowest BCUT2D eigenvalue weighted by Crippen LogP contribution is -2.14. The van der Waals surface area contributed by atoms with Gasteiger partial charge < -0.3 is 19.3 Å². The minimum Gasteiger partial charge on any atom is -0.508 e. The van der Waals surface area contributed by atoms with E-state index in [9.17, 15) is 14.7 Å². The molecule has 23 heavy (non-hydrogen) atoms. The molecule has 0 saturated carbocycles. The van der Waals surface area contributed by atoms with Gasteiger partial charge in [-0.05, 0) is 11.6 Å². The number of hydrogen-bond donors (Lipinski definition) is 1. The van der Waals surface area contributed by atoms with Crippen LogP contribution in [0.1, 0.15) is 26.3 Å². The lowest BCUT2D eigenvalue weighted by Gasteiger charge is -2.14. The summed E-state index contributed by atoms with van der Waals surface area (Å²) < 4.78 is 14.9. The number of carbonyl (C=O) groups excluding carboxylic acids is 2. The van der Waals surface area contributed by atoms with Crippen molar-refractivity contribution in [2.24, 2.45) is 0 Å². The van der Waals surface area contributed by atoms with Gasteiger partial charge in [-0.1, -0.05) is 30.3 Å². The Morgan fingerprint density at radius 2 is 1.65 bits per heavy atom. The maximum absolute atomic E-state index is 12.0. The number of benzene rings is 2. The smallest absolute Gasteiger partial charge is 0.342 e. The predicted octanol–water partition coefficient (Wildman–Crippen LogP) is 2.54. The van der Waals surface area contributed by atoms with E-state index in [0.29, 0.717) is 0 Å². The maximum atomic E-state index is 12.0. The van der Waals surface area contributed by atoms with Crippen molar-refractivity contribution in [2.45, 2.75) is 6.61 Å². The third kappa shape index (κ3) is 3.79. The summed E-state index contributed by atoms with van der Waals surface area (Å²) in [6, 6.07) is 11.6. The summed E-state index contributed by atoms with van der Waals surface area (Å²) in [6.45, 7) is 0.162. The highest BCUT2D eigenvalue weighted by atomic mass is 16.5. The van der Waals surface area contributed by atoms with Crippen LogP contribution in [0.4, 0.5) is 0 Å². The van der Waals surface area contributed by atoms with E-state index in [2.05, 4.69) is 4.74 Å². The number of phenols is 1. The van der Waals surface area contributed by atoms with Crippen LogP contribution in [0.15, 0.2) is 42.5 Å². The minimum absolute atomic E-state index is 0.0427. The zero-order valence-electron chi connectivity index (χ0n) is 12.7. The van der Waals surface area contributed by atoms with E-state index in [1.165, 1.54) is 20.3 Å². The maximum Gasteiger partial charge on any atom is 0.342 e. The number of hydrogen-bond acceptors (Lipinski definition) is 6. The lowest BCUT2D eigenvalue weighted by atomic mass is 10.1. The fourth-order valence-corrected chi connectivity index (χ4v) is 2.03. The highest BCUT2D eigenvalue weighted by molar-refractivity contribution is 6.05. The van der Waals surface area contributed by atoms with Crippen molar-refractivity contribution < 1.29 is 28.9 Å². The summed E-state index contributed by atoms with van der Waals surface area (Å²) in [5, 5.41) is 9.77. The number of ether oxygens (including phenoxy) is 3. The first kappa shape index (κ1) is 16.4. The van der Waals surface area contributed by atoms with Crippen molar-refractivity contribution in [3.63, 3.8) is 0 Å². The molecule has 0 aromatic heterocycles. The molecule has 2 rings (SSSR count). The molecule has 120 valence electrons. The van der Waals surface area contributed by atoms with E-state index < -0.39 is 11.9 Å². The first-order valence-electron chi connectivity index (χ1n) is 6.77. The molecule has 0 bridgehead atoms. The number of carbonyl (C=O) groups is 2. The number of aromatic hydroxyl groups is 1. The Kier molecular flexibility index (Phi) is 5.19. The van der Waals surface area contributed by atoms with E-state index >= 15 is 0 Å². The largest absolute Gasteiger partial charge is 0.508 e. The number of methoxy groups -OCH3 is 2. The van der Waals surface area contributed by atoms with Gasteiger partial charge in [-0.3, -0.25) is 0 Å². The summed E-state index contributed by atoms with van der Waals surface area (Å²) in [5.41, 5.74) is 0.654. The summed E-state index contributed by atoms with van der Waals surface area (Å²) in [5.74, 6) is -1.71. The van der Waals surface area contributed by atoms with Gasteiger partial charge >= 0.3 is 11.9 Å². The van der Waals surface area contributed by atoms with Crippen LogP contribution in [0.3, 0.4) is 0 Å². The lowest BCUT2D eigenvalue weighted by molar-refractivity contribution is 0.0550. The molecule has 0 fully saturated rings. The van der Waals surface area contributed by atoms with Crippen molar-refractivity contribution in [1.29, 1.82) is 0 Å². The predicted molar refractivity (Wildman–Crippen MR) is 81.6 cm³/mol. The Morgan fingerprint density at radius 1 is 1.00 bits per heavy atom. The molecule has 6 nitrogen and oxygen atoms in total. The SMILES string of the molecule is COC(=O)c1cc(O)cc(OCc2ccccc2)c1C(=O)OC. The molecule has 0 saturated heterocycles.